The highest BCUT2D eigenvalue weighted by atomic mass is 31.2. The van der Waals surface area contributed by atoms with Gasteiger partial charge in [-0.25, -0.2) is 0 Å². The molecule has 0 aromatic carbocycles. The van der Waals surface area contributed by atoms with E-state index >= 15 is 0 Å². The monoisotopic (exact) mass is 200 g/mol. The standard InChI is InChI=1S/C10H17O2P/c1-9(2)7-13(11)8-10(3)5-4-6-12-13/h5H,1,4,6-8H2,2-3H3. The molecule has 0 aromatic heterocycles. The lowest BCUT2D eigenvalue weighted by molar-refractivity contribution is 0.325. The molecular formula is C10H17O2P. The second-order valence-corrected chi connectivity index (χ2v) is 6.28. The van der Waals surface area contributed by atoms with Crippen molar-refractivity contribution in [2.75, 3.05) is 18.9 Å². The molecule has 0 radical (unpaired) electrons. The summed E-state index contributed by atoms with van der Waals surface area (Å²) in [6.07, 6.45) is 4.11. The van der Waals surface area contributed by atoms with Gasteiger partial charge in [0.05, 0.1) is 6.61 Å². The van der Waals surface area contributed by atoms with Gasteiger partial charge in [0, 0.05) is 12.3 Å². The number of rotatable bonds is 2. The van der Waals surface area contributed by atoms with Gasteiger partial charge in [0.1, 0.15) is 0 Å². The number of hydrogen-bond acceptors (Lipinski definition) is 2. The lowest BCUT2D eigenvalue weighted by Gasteiger charge is -2.16. The van der Waals surface area contributed by atoms with E-state index in [0.29, 0.717) is 18.9 Å². The Bertz CT molecular complexity index is 279. The van der Waals surface area contributed by atoms with Crippen LogP contribution in [-0.4, -0.2) is 18.9 Å². The van der Waals surface area contributed by atoms with Crippen LogP contribution in [0, 0.1) is 0 Å². The van der Waals surface area contributed by atoms with E-state index in [4.69, 9.17) is 4.52 Å². The zero-order chi connectivity index (χ0) is 9.90. The molecule has 0 saturated carbocycles. The van der Waals surface area contributed by atoms with Gasteiger partial charge >= 0.3 is 0 Å². The Morgan fingerprint density at radius 3 is 3.08 bits per heavy atom. The van der Waals surface area contributed by atoms with E-state index in [9.17, 15) is 4.57 Å². The average Bonchev–Trinajstić information content (AvgIpc) is 2.09. The summed E-state index contributed by atoms with van der Waals surface area (Å²) in [7, 11) is -2.44. The molecule has 1 aliphatic heterocycles. The maximum Gasteiger partial charge on any atom is 0.210 e. The highest BCUT2D eigenvalue weighted by Crippen LogP contribution is 2.50. The summed E-state index contributed by atoms with van der Waals surface area (Å²) in [5.74, 6) is 0. The van der Waals surface area contributed by atoms with Crippen molar-refractivity contribution in [2.45, 2.75) is 20.3 Å². The Morgan fingerprint density at radius 2 is 2.46 bits per heavy atom. The van der Waals surface area contributed by atoms with Crippen LogP contribution in [0.5, 0.6) is 0 Å². The molecule has 0 bridgehead atoms. The van der Waals surface area contributed by atoms with Crippen molar-refractivity contribution in [2.24, 2.45) is 0 Å². The van der Waals surface area contributed by atoms with Crippen LogP contribution < -0.4 is 0 Å². The summed E-state index contributed by atoms with van der Waals surface area (Å²) in [5.41, 5.74) is 2.13. The minimum Gasteiger partial charge on any atom is -0.328 e. The topological polar surface area (TPSA) is 26.3 Å². The molecule has 0 N–H and O–H groups in total. The summed E-state index contributed by atoms with van der Waals surface area (Å²) in [6, 6.07) is 0. The molecule has 2 nitrogen and oxygen atoms in total. The predicted molar refractivity (Wildman–Crippen MR) is 56.5 cm³/mol. The normalized spacial score (nSPS) is 29.2. The van der Waals surface area contributed by atoms with Crippen molar-refractivity contribution in [1.82, 2.24) is 0 Å². The molecule has 13 heavy (non-hydrogen) atoms. The van der Waals surface area contributed by atoms with Gasteiger partial charge < -0.3 is 4.52 Å². The number of allylic oxidation sites excluding steroid dienone is 2. The van der Waals surface area contributed by atoms with Crippen LogP contribution in [0.4, 0.5) is 0 Å². The van der Waals surface area contributed by atoms with Crippen LogP contribution in [0.2, 0.25) is 0 Å². The molecule has 74 valence electrons. The lowest BCUT2D eigenvalue weighted by Crippen LogP contribution is -2.00. The Hall–Kier alpha value is -0.330. The zero-order valence-corrected chi connectivity index (χ0v) is 9.27. The van der Waals surface area contributed by atoms with E-state index in [-0.39, 0.29) is 0 Å². The molecule has 1 heterocycles. The quantitative estimate of drug-likeness (QED) is 0.505. The van der Waals surface area contributed by atoms with Gasteiger partial charge in [-0.3, -0.25) is 4.57 Å². The Kier molecular flexibility index (Phi) is 3.52. The zero-order valence-electron chi connectivity index (χ0n) is 8.38. The van der Waals surface area contributed by atoms with E-state index in [1.54, 1.807) is 0 Å². The van der Waals surface area contributed by atoms with E-state index < -0.39 is 7.37 Å². The average molecular weight is 200 g/mol. The summed E-state index contributed by atoms with van der Waals surface area (Å²) < 4.78 is 17.6. The predicted octanol–water partition coefficient (Wildman–Crippen LogP) is 3.21. The van der Waals surface area contributed by atoms with Gasteiger partial charge in [-0.15, -0.1) is 0 Å². The first-order valence-electron chi connectivity index (χ1n) is 4.54. The molecule has 0 spiro atoms. The SMILES string of the molecule is C=C(C)CP1(=O)CC(C)=CCCO1. The van der Waals surface area contributed by atoms with Crippen LogP contribution in [0.25, 0.3) is 0 Å². The molecule has 0 aliphatic carbocycles. The third-order valence-electron chi connectivity index (χ3n) is 1.94. The highest BCUT2D eigenvalue weighted by Gasteiger charge is 2.24. The van der Waals surface area contributed by atoms with Crippen molar-refractivity contribution in [1.29, 1.82) is 0 Å². The van der Waals surface area contributed by atoms with Crippen molar-refractivity contribution >= 4 is 7.37 Å². The first kappa shape index (κ1) is 10.7. The molecule has 1 aliphatic rings. The smallest absolute Gasteiger partial charge is 0.210 e. The molecule has 0 amide bonds. The molecule has 1 atom stereocenters. The second kappa shape index (κ2) is 4.26. The molecule has 1 unspecified atom stereocenters. The fourth-order valence-corrected chi connectivity index (χ4v) is 3.97. The molecular weight excluding hydrogens is 183 g/mol. The van der Waals surface area contributed by atoms with E-state index in [1.165, 1.54) is 5.57 Å². The first-order valence-corrected chi connectivity index (χ1v) is 6.54. The lowest BCUT2D eigenvalue weighted by atomic mass is 10.3. The fraction of sp³-hybridized carbons (Fsp3) is 0.600. The third-order valence-corrected chi connectivity index (χ3v) is 4.59. The van der Waals surface area contributed by atoms with E-state index in [1.807, 2.05) is 13.8 Å². The van der Waals surface area contributed by atoms with Gasteiger partial charge in [-0.2, -0.15) is 0 Å². The maximum atomic E-state index is 12.2. The summed E-state index contributed by atoms with van der Waals surface area (Å²) >= 11 is 0. The minimum absolute atomic E-state index is 0.526. The van der Waals surface area contributed by atoms with Crippen LogP contribution >= 0.6 is 7.37 Å². The van der Waals surface area contributed by atoms with Crippen molar-refractivity contribution < 1.29 is 9.09 Å². The summed E-state index contributed by atoms with van der Waals surface area (Å²) in [5, 5.41) is 0. The minimum atomic E-state index is -2.44. The molecule has 0 aromatic rings. The van der Waals surface area contributed by atoms with Crippen LogP contribution in [0.1, 0.15) is 20.3 Å². The molecule has 0 saturated heterocycles. The fourth-order valence-electron chi connectivity index (χ4n) is 1.53. The van der Waals surface area contributed by atoms with E-state index in [2.05, 4.69) is 12.7 Å². The third kappa shape index (κ3) is 3.50. The van der Waals surface area contributed by atoms with Gasteiger partial charge in [0.25, 0.3) is 0 Å². The summed E-state index contributed by atoms with van der Waals surface area (Å²) in [4.78, 5) is 0. The summed E-state index contributed by atoms with van der Waals surface area (Å²) in [6.45, 7) is 8.27. The van der Waals surface area contributed by atoms with Crippen LogP contribution in [-0.2, 0) is 9.09 Å². The second-order valence-electron chi connectivity index (χ2n) is 3.76. The maximum absolute atomic E-state index is 12.2. The van der Waals surface area contributed by atoms with Crippen molar-refractivity contribution in [3.63, 3.8) is 0 Å². The largest absolute Gasteiger partial charge is 0.328 e. The Balaban J connectivity index is 2.72. The van der Waals surface area contributed by atoms with Gasteiger partial charge in [0.2, 0.25) is 7.37 Å². The Labute approximate surface area is 80.1 Å². The Morgan fingerprint density at radius 1 is 1.77 bits per heavy atom. The molecule has 3 heteroatoms. The highest BCUT2D eigenvalue weighted by molar-refractivity contribution is 7.59. The van der Waals surface area contributed by atoms with Gasteiger partial charge in [-0.1, -0.05) is 23.8 Å². The van der Waals surface area contributed by atoms with Gasteiger partial charge in [0.15, 0.2) is 0 Å². The van der Waals surface area contributed by atoms with E-state index in [0.717, 1.165) is 12.0 Å². The molecule has 0 fully saturated rings. The number of hydrogen-bond donors (Lipinski definition) is 0. The van der Waals surface area contributed by atoms with Gasteiger partial charge in [-0.05, 0) is 20.3 Å². The first-order chi connectivity index (χ1) is 6.02. The van der Waals surface area contributed by atoms with Crippen LogP contribution in [0.15, 0.2) is 23.8 Å². The van der Waals surface area contributed by atoms with Crippen LogP contribution in [0.3, 0.4) is 0 Å². The molecule has 1 rings (SSSR count). The van der Waals surface area contributed by atoms with Crippen molar-refractivity contribution in [3.05, 3.63) is 23.8 Å². The van der Waals surface area contributed by atoms with Crippen molar-refractivity contribution in [3.8, 4) is 0 Å².